The van der Waals surface area contributed by atoms with Crippen LogP contribution in [0.2, 0.25) is 0 Å². The molecule has 17 heavy (non-hydrogen) atoms. The molecule has 0 saturated heterocycles. The van der Waals surface area contributed by atoms with Crippen LogP contribution in [0.1, 0.15) is 26.0 Å². The fourth-order valence-electron chi connectivity index (χ4n) is 1.48. The molecule has 1 atom stereocenters. The monoisotopic (exact) mass is 238 g/mol. The topological polar surface area (TPSA) is 86.9 Å². The number of H-pyrrole nitrogens is 1. The summed E-state index contributed by atoms with van der Waals surface area (Å²) < 4.78 is 0. The Labute approximate surface area is 100 Å². The van der Waals surface area contributed by atoms with E-state index in [1.807, 2.05) is 6.92 Å². The van der Waals surface area contributed by atoms with Gasteiger partial charge >= 0.3 is 0 Å². The molecule has 6 nitrogen and oxygen atoms in total. The quantitative estimate of drug-likeness (QED) is 0.651. The number of aromatic amines is 1. The molecule has 6 heteroatoms. The van der Waals surface area contributed by atoms with Gasteiger partial charge in [-0.3, -0.25) is 9.59 Å². The molecule has 0 bridgehead atoms. The highest BCUT2D eigenvalue weighted by atomic mass is 16.2. The highest BCUT2D eigenvalue weighted by molar-refractivity contribution is 5.78. The summed E-state index contributed by atoms with van der Waals surface area (Å²) in [6, 6.07) is 0.0419. The van der Waals surface area contributed by atoms with E-state index in [4.69, 9.17) is 0 Å². The number of amides is 2. The average Bonchev–Trinajstić information content (AvgIpc) is 2.69. The van der Waals surface area contributed by atoms with E-state index in [1.54, 1.807) is 12.5 Å². The maximum Gasteiger partial charge on any atom is 0.221 e. The molecule has 0 fully saturated rings. The summed E-state index contributed by atoms with van der Waals surface area (Å²) in [6.07, 6.45) is 4.36. The Morgan fingerprint density at radius 1 is 1.53 bits per heavy atom. The van der Waals surface area contributed by atoms with Crippen molar-refractivity contribution in [2.75, 3.05) is 6.54 Å². The van der Waals surface area contributed by atoms with Crippen molar-refractivity contribution in [3.8, 4) is 0 Å². The molecule has 0 aliphatic rings. The first-order valence-corrected chi connectivity index (χ1v) is 5.59. The van der Waals surface area contributed by atoms with Crippen LogP contribution in [-0.2, 0) is 16.0 Å². The van der Waals surface area contributed by atoms with Gasteiger partial charge in [-0.1, -0.05) is 0 Å². The van der Waals surface area contributed by atoms with Gasteiger partial charge in [0.25, 0.3) is 0 Å². The van der Waals surface area contributed by atoms with E-state index in [-0.39, 0.29) is 17.9 Å². The average molecular weight is 238 g/mol. The van der Waals surface area contributed by atoms with Crippen LogP contribution in [0.3, 0.4) is 0 Å². The Kier molecular flexibility index (Phi) is 5.19. The van der Waals surface area contributed by atoms with Crippen molar-refractivity contribution in [1.29, 1.82) is 0 Å². The van der Waals surface area contributed by atoms with Crippen molar-refractivity contribution in [1.82, 2.24) is 20.6 Å². The number of carbonyl (C=O) groups excluding carboxylic acids is 2. The maximum absolute atomic E-state index is 11.5. The summed E-state index contributed by atoms with van der Waals surface area (Å²) in [5.74, 6) is -0.186. The normalized spacial score (nSPS) is 11.9. The van der Waals surface area contributed by atoms with Crippen molar-refractivity contribution in [3.63, 3.8) is 0 Å². The molecular formula is C11H18N4O2. The van der Waals surface area contributed by atoms with E-state index in [2.05, 4.69) is 20.6 Å². The largest absolute Gasteiger partial charge is 0.356 e. The van der Waals surface area contributed by atoms with Crippen molar-refractivity contribution in [3.05, 3.63) is 18.2 Å². The van der Waals surface area contributed by atoms with Crippen molar-refractivity contribution in [2.45, 2.75) is 32.7 Å². The Balaban J connectivity index is 2.19. The Morgan fingerprint density at radius 3 is 2.88 bits per heavy atom. The first kappa shape index (κ1) is 13.2. The van der Waals surface area contributed by atoms with Crippen molar-refractivity contribution in [2.24, 2.45) is 0 Å². The van der Waals surface area contributed by atoms with E-state index >= 15 is 0 Å². The zero-order valence-corrected chi connectivity index (χ0v) is 10.1. The van der Waals surface area contributed by atoms with E-state index < -0.39 is 0 Å². The predicted molar refractivity (Wildman–Crippen MR) is 63.2 cm³/mol. The number of rotatable bonds is 6. The molecule has 0 aliphatic carbocycles. The minimum atomic E-state index is -0.122. The van der Waals surface area contributed by atoms with Crippen LogP contribution in [0, 0.1) is 0 Å². The second-order valence-corrected chi connectivity index (χ2v) is 3.98. The highest BCUT2D eigenvalue weighted by Gasteiger charge is 2.08. The molecule has 3 N–H and O–H groups in total. The zero-order chi connectivity index (χ0) is 12.7. The molecule has 1 heterocycles. The lowest BCUT2D eigenvalue weighted by atomic mass is 10.2. The van der Waals surface area contributed by atoms with Gasteiger partial charge in [0.2, 0.25) is 11.8 Å². The van der Waals surface area contributed by atoms with Crippen LogP contribution in [0.25, 0.3) is 0 Å². The standard InChI is InChI=1S/C11H18N4O2/c1-8(5-10-6-12-7-14-10)15-11(17)3-4-13-9(2)16/h6-8H,3-5H2,1-2H3,(H,12,14)(H,13,16)(H,15,17)/t8-/m1/s1. The van der Waals surface area contributed by atoms with Crippen LogP contribution < -0.4 is 10.6 Å². The zero-order valence-electron chi connectivity index (χ0n) is 10.1. The number of nitrogens with zero attached hydrogens (tertiary/aromatic N) is 1. The van der Waals surface area contributed by atoms with Crippen LogP contribution in [0.15, 0.2) is 12.5 Å². The first-order valence-electron chi connectivity index (χ1n) is 5.59. The first-order chi connectivity index (χ1) is 8.08. The molecule has 1 rings (SSSR count). The molecule has 0 spiro atoms. The summed E-state index contributed by atoms with van der Waals surface area (Å²) in [4.78, 5) is 29.0. The molecule has 0 saturated carbocycles. The lowest BCUT2D eigenvalue weighted by molar-refractivity contribution is -0.122. The Hall–Kier alpha value is -1.85. The van der Waals surface area contributed by atoms with E-state index in [9.17, 15) is 9.59 Å². The summed E-state index contributed by atoms with van der Waals surface area (Å²) in [5, 5.41) is 5.43. The third kappa shape index (κ3) is 5.70. The fourth-order valence-corrected chi connectivity index (χ4v) is 1.48. The van der Waals surface area contributed by atoms with E-state index in [0.29, 0.717) is 19.4 Å². The van der Waals surface area contributed by atoms with E-state index in [1.165, 1.54) is 6.92 Å². The number of aromatic nitrogens is 2. The molecule has 0 radical (unpaired) electrons. The third-order valence-corrected chi connectivity index (χ3v) is 2.21. The smallest absolute Gasteiger partial charge is 0.221 e. The van der Waals surface area contributed by atoms with Gasteiger partial charge in [0.05, 0.1) is 6.33 Å². The Bertz CT molecular complexity index is 362. The number of carbonyl (C=O) groups is 2. The molecule has 0 aromatic carbocycles. The van der Waals surface area contributed by atoms with Gasteiger partial charge in [-0.15, -0.1) is 0 Å². The minimum Gasteiger partial charge on any atom is -0.356 e. The number of hydrogen-bond acceptors (Lipinski definition) is 3. The summed E-state index contributed by atoms with van der Waals surface area (Å²) in [5.41, 5.74) is 0.986. The fraction of sp³-hybridized carbons (Fsp3) is 0.545. The van der Waals surface area contributed by atoms with Crippen molar-refractivity contribution >= 4 is 11.8 Å². The summed E-state index contributed by atoms with van der Waals surface area (Å²) in [7, 11) is 0. The van der Waals surface area contributed by atoms with Crippen LogP contribution in [-0.4, -0.2) is 34.4 Å². The Morgan fingerprint density at radius 2 is 2.29 bits per heavy atom. The van der Waals surface area contributed by atoms with Gasteiger partial charge in [-0.05, 0) is 6.92 Å². The molecule has 2 amide bonds. The molecule has 0 aliphatic heterocycles. The van der Waals surface area contributed by atoms with Gasteiger partial charge in [-0.2, -0.15) is 0 Å². The third-order valence-electron chi connectivity index (χ3n) is 2.21. The van der Waals surface area contributed by atoms with E-state index in [0.717, 1.165) is 5.69 Å². The number of imidazole rings is 1. The highest BCUT2D eigenvalue weighted by Crippen LogP contribution is 1.97. The number of nitrogens with one attached hydrogen (secondary N) is 3. The lowest BCUT2D eigenvalue weighted by Gasteiger charge is -2.12. The molecule has 0 unspecified atom stereocenters. The minimum absolute atomic E-state index is 0.0419. The second kappa shape index (κ2) is 6.67. The summed E-state index contributed by atoms with van der Waals surface area (Å²) >= 11 is 0. The van der Waals surface area contributed by atoms with Gasteiger partial charge in [0.15, 0.2) is 0 Å². The predicted octanol–water partition coefficient (Wildman–Crippen LogP) is -0.0169. The second-order valence-electron chi connectivity index (χ2n) is 3.98. The van der Waals surface area contributed by atoms with Crippen LogP contribution in [0.4, 0.5) is 0 Å². The van der Waals surface area contributed by atoms with Crippen LogP contribution in [0.5, 0.6) is 0 Å². The SMILES string of the molecule is CC(=O)NCCC(=O)N[C@H](C)Cc1cnc[nH]1. The molecular weight excluding hydrogens is 220 g/mol. The van der Waals surface area contributed by atoms with Crippen LogP contribution >= 0.6 is 0 Å². The van der Waals surface area contributed by atoms with Gasteiger partial charge in [-0.25, -0.2) is 4.98 Å². The number of hydrogen-bond donors (Lipinski definition) is 3. The molecule has 1 aromatic heterocycles. The lowest BCUT2D eigenvalue weighted by Crippen LogP contribution is -2.36. The molecule has 1 aromatic rings. The van der Waals surface area contributed by atoms with Gasteiger partial charge < -0.3 is 15.6 Å². The van der Waals surface area contributed by atoms with Gasteiger partial charge in [0, 0.05) is 44.2 Å². The maximum atomic E-state index is 11.5. The summed E-state index contributed by atoms with van der Waals surface area (Å²) in [6.45, 7) is 3.73. The molecule has 94 valence electrons. The van der Waals surface area contributed by atoms with Gasteiger partial charge in [0.1, 0.15) is 0 Å². The van der Waals surface area contributed by atoms with Crippen molar-refractivity contribution < 1.29 is 9.59 Å².